The molecule has 4 N–H and O–H groups in total. The van der Waals surface area contributed by atoms with Crippen LogP contribution in [0.1, 0.15) is 194 Å². The van der Waals surface area contributed by atoms with Gasteiger partial charge in [-0.05, 0) is 105 Å². The highest BCUT2D eigenvalue weighted by molar-refractivity contribution is 5.86. The molecule has 8 atom stereocenters. The van der Waals surface area contributed by atoms with Gasteiger partial charge in [0, 0.05) is 36.0 Å². The first kappa shape index (κ1) is 48.1. The van der Waals surface area contributed by atoms with E-state index in [1.54, 1.807) is 13.8 Å². The molecule has 320 valence electrons. The van der Waals surface area contributed by atoms with Crippen molar-refractivity contribution in [2.75, 3.05) is 14.1 Å². The normalized spacial score (nSPS) is 33.0. The number of rotatable bonds is 4. The summed E-state index contributed by atoms with van der Waals surface area (Å²) in [6.45, 7) is 3.47. The Morgan fingerprint density at radius 3 is 1.30 bits per heavy atom. The maximum atomic E-state index is 11.7. The monoisotopic (exact) mass is 781 g/mol. The molecule has 4 unspecified atom stereocenters. The average molecular weight is 781 g/mol. The predicted molar refractivity (Wildman–Crippen MR) is 232 cm³/mol. The Hall–Kier alpha value is -2.32. The van der Waals surface area contributed by atoms with Crippen molar-refractivity contribution >= 4 is 23.4 Å². The number of carbonyl (C=O) groups is 4. The first-order chi connectivity index (χ1) is 27.3. The van der Waals surface area contributed by atoms with Gasteiger partial charge in [-0.1, -0.05) is 127 Å². The van der Waals surface area contributed by atoms with Crippen LogP contribution in [0.4, 0.5) is 0 Å². The summed E-state index contributed by atoms with van der Waals surface area (Å²) in [4.78, 5) is 45.5. The van der Waals surface area contributed by atoms with Crippen molar-refractivity contribution in [3.05, 3.63) is 24.3 Å². The van der Waals surface area contributed by atoms with Crippen molar-refractivity contribution < 1.29 is 19.2 Å². The van der Waals surface area contributed by atoms with Gasteiger partial charge in [0.1, 0.15) is 11.6 Å². The second-order valence-electron chi connectivity index (χ2n) is 17.7. The van der Waals surface area contributed by atoms with Gasteiger partial charge in [0.25, 0.3) is 0 Å². The summed E-state index contributed by atoms with van der Waals surface area (Å²) < 4.78 is 0. The van der Waals surface area contributed by atoms with E-state index in [-0.39, 0.29) is 17.7 Å². The standard InChI is InChI=1S/C15H29NO.C13H23NO.C11H19NO.C9H13NO/c1-13(17)14-11-9-7-5-3-4-6-8-10-12-15(14)16-2;15-13-11-9-7-5-3-1-2-4-6-8-10-12(11)14-13;1-9(13)10-7-5-3-4-6-8-11(10)12-2;11-9-7-5-3-1-2-4-6-8(7)10-9/h14-16H,3-12H2,1-2H3;11-12H,1-10H2,(H,14,15);3-4,10-12H,5-8H2,1-2H3;1-2,7-8H,3-6H2,(H,10,11)/b;;4-3-;2-1-/t14?,15-;11?,12-;10?,11-;7?,8-/m1111/s1. The number of carbonyl (C=O) groups excluding carboxylic acids is 4. The molecule has 0 aromatic heterocycles. The Labute approximate surface area is 342 Å². The van der Waals surface area contributed by atoms with Crippen LogP contribution < -0.4 is 21.3 Å². The number of hydrogen-bond donors (Lipinski definition) is 4. The van der Waals surface area contributed by atoms with Crippen molar-refractivity contribution in [2.45, 2.75) is 218 Å². The molecule has 4 fully saturated rings. The number of amides is 2. The molecular formula is C48H84N4O4. The van der Waals surface area contributed by atoms with E-state index in [1.165, 1.54) is 116 Å². The lowest BCUT2D eigenvalue weighted by Gasteiger charge is -2.37. The SMILES string of the molecule is CN[C@@H]1CC/C=C\CCC1C(C)=O.CN[C@@H]1CCCCCCCCCCC1C(C)=O.O=C1N[C@@H]2CC/C=C\CCC12.O=C1N[C@@H]2CCCCCCCCCCC12. The lowest BCUT2D eigenvalue weighted by atomic mass is 9.82. The molecule has 2 saturated carbocycles. The summed E-state index contributed by atoms with van der Waals surface area (Å²) in [5, 5.41) is 12.6. The third-order valence-electron chi connectivity index (χ3n) is 13.5. The van der Waals surface area contributed by atoms with Gasteiger partial charge in [-0.2, -0.15) is 0 Å². The Bertz CT molecular complexity index is 1190. The Morgan fingerprint density at radius 1 is 0.446 bits per heavy atom. The first-order valence-electron chi connectivity index (χ1n) is 23.5. The zero-order chi connectivity index (χ0) is 40.4. The molecule has 2 amide bonds. The quantitative estimate of drug-likeness (QED) is 0.167. The van der Waals surface area contributed by atoms with Gasteiger partial charge in [-0.15, -0.1) is 0 Å². The van der Waals surface area contributed by atoms with E-state index in [2.05, 4.69) is 45.6 Å². The molecule has 6 rings (SSSR count). The van der Waals surface area contributed by atoms with Gasteiger partial charge in [0.15, 0.2) is 0 Å². The van der Waals surface area contributed by atoms with E-state index in [0.29, 0.717) is 53.5 Å². The van der Waals surface area contributed by atoms with Gasteiger partial charge in [-0.3, -0.25) is 19.2 Å². The third kappa shape index (κ3) is 18.1. The minimum atomic E-state index is 0.218. The van der Waals surface area contributed by atoms with Crippen LogP contribution in [0.5, 0.6) is 0 Å². The van der Waals surface area contributed by atoms with Crippen molar-refractivity contribution in [1.29, 1.82) is 0 Å². The number of ketones is 2. The molecule has 2 heterocycles. The molecule has 8 nitrogen and oxygen atoms in total. The molecule has 2 aliphatic heterocycles. The summed E-state index contributed by atoms with van der Waals surface area (Å²) in [7, 11) is 3.96. The van der Waals surface area contributed by atoms with Gasteiger partial charge in [0.2, 0.25) is 11.8 Å². The highest BCUT2D eigenvalue weighted by Gasteiger charge is 2.38. The zero-order valence-corrected chi connectivity index (χ0v) is 36.4. The van der Waals surface area contributed by atoms with E-state index in [9.17, 15) is 19.2 Å². The fraction of sp³-hybridized carbons (Fsp3) is 0.833. The van der Waals surface area contributed by atoms with E-state index in [1.807, 2.05) is 14.1 Å². The van der Waals surface area contributed by atoms with Crippen LogP contribution in [0.15, 0.2) is 24.3 Å². The largest absolute Gasteiger partial charge is 0.352 e. The summed E-state index contributed by atoms with van der Waals surface area (Å²) in [5.74, 6) is 2.46. The second-order valence-corrected chi connectivity index (χ2v) is 17.7. The fourth-order valence-corrected chi connectivity index (χ4v) is 9.79. The summed E-state index contributed by atoms with van der Waals surface area (Å²) >= 11 is 0. The molecule has 6 aliphatic rings. The van der Waals surface area contributed by atoms with E-state index < -0.39 is 0 Å². The van der Waals surface area contributed by atoms with Crippen molar-refractivity contribution in [1.82, 2.24) is 21.3 Å². The van der Waals surface area contributed by atoms with Gasteiger partial charge in [-0.25, -0.2) is 0 Å². The predicted octanol–water partition coefficient (Wildman–Crippen LogP) is 9.85. The third-order valence-corrected chi connectivity index (χ3v) is 13.5. The molecular weight excluding hydrogens is 697 g/mol. The van der Waals surface area contributed by atoms with E-state index in [0.717, 1.165) is 64.2 Å². The molecule has 0 spiro atoms. The van der Waals surface area contributed by atoms with Crippen LogP contribution in [-0.4, -0.2) is 61.6 Å². The second kappa shape index (κ2) is 29.0. The summed E-state index contributed by atoms with van der Waals surface area (Å²) in [6.07, 6.45) is 43.6. The number of fused-ring (bicyclic) bond motifs is 2. The van der Waals surface area contributed by atoms with Crippen LogP contribution in [-0.2, 0) is 19.2 Å². The lowest BCUT2D eigenvalue weighted by Crippen LogP contribution is -2.57. The molecule has 2 saturated heterocycles. The van der Waals surface area contributed by atoms with Crippen LogP contribution in [0.3, 0.4) is 0 Å². The Kier molecular flexibility index (Phi) is 24.9. The van der Waals surface area contributed by atoms with Gasteiger partial charge < -0.3 is 21.3 Å². The van der Waals surface area contributed by atoms with E-state index >= 15 is 0 Å². The molecule has 4 aliphatic carbocycles. The van der Waals surface area contributed by atoms with Gasteiger partial charge >= 0.3 is 0 Å². The molecule has 56 heavy (non-hydrogen) atoms. The number of nitrogens with one attached hydrogen (secondary N) is 4. The van der Waals surface area contributed by atoms with E-state index in [4.69, 9.17) is 0 Å². The molecule has 0 bridgehead atoms. The average Bonchev–Trinajstić information content (AvgIpc) is 3.14. The maximum absolute atomic E-state index is 11.7. The van der Waals surface area contributed by atoms with Crippen LogP contribution >= 0.6 is 0 Å². The molecule has 0 aromatic rings. The lowest BCUT2D eigenvalue weighted by molar-refractivity contribution is -0.136. The zero-order valence-electron chi connectivity index (χ0n) is 36.4. The van der Waals surface area contributed by atoms with Crippen molar-refractivity contribution in [3.63, 3.8) is 0 Å². The number of β-lactam (4-membered cyclic amide) rings is 2. The molecule has 0 aromatic carbocycles. The van der Waals surface area contributed by atoms with Gasteiger partial charge in [0.05, 0.1) is 11.8 Å². The van der Waals surface area contributed by atoms with Crippen LogP contribution in [0, 0.1) is 23.7 Å². The highest BCUT2D eigenvalue weighted by Crippen LogP contribution is 2.28. The Morgan fingerprint density at radius 2 is 0.804 bits per heavy atom. The fourth-order valence-electron chi connectivity index (χ4n) is 9.79. The van der Waals surface area contributed by atoms with Crippen molar-refractivity contribution in [2.24, 2.45) is 23.7 Å². The summed E-state index contributed by atoms with van der Waals surface area (Å²) in [6, 6.07) is 1.80. The number of allylic oxidation sites excluding steroid dienone is 4. The van der Waals surface area contributed by atoms with Crippen LogP contribution in [0.25, 0.3) is 0 Å². The summed E-state index contributed by atoms with van der Waals surface area (Å²) in [5.41, 5.74) is 0. The Balaban J connectivity index is 0.000000202. The number of hydrogen-bond acceptors (Lipinski definition) is 6. The highest BCUT2D eigenvalue weighted by atomic mass is 16.2. The molecule has 8 heteroatoms. The topological polar surface area (TPSA) is 116 Å². The number of Topliss-reactive ketones (excluding diaryl/α,β-unsaturated/α-hetero) is 2. The van der Waals surface area contributed by atoms with Crippen LogP contribution in [0.2, 0.25) is 0 Å². The first-order valence-corrected chi connectivity index (χ1v) is 23.5. The van der Waals surface area contributed by atoms with Crippen molar-refractivity contribution in [3.8, 4) is 0 Å². The minimum Gasteiger partial charge on any atom is -0.352 e. The smallest absolute Gasteiger partial charge is 0.225 e. The molecule has 0 radical (unpaired) electrons. The minimum absolute atomic E-state index is 0.218. The maximum Gasteiger partial charge on any atom is 0.225 e.